The van der Waals surface area contributed by atoms with Gasteiger partial charge in [-0.15, -0.1) is 5.10 Å². The van der Waals surface area contributed by atoms with Gasteiger partial charge in [0, 0.05) is 6.92 Å². The first-order valence-electron chi connectivity index (χ1n) is 3.09. The van der Waals surface area contributed by atoms with E-state index in [2.05, 4.69) is 20.5 Å². The standard InChI is InChI=1S/C5H9N5O/c1-3(11)7-2-4-8-5(6)10-9-4/h2H2,1H3,(H,7,11)(H3,6,8,9,10). The Morgan fingerprint density at radius 3 is 3.00 bits per heavy atom. The highest BCUT2D eigenvalue weighted by atomic mass is 16.1. The van der Waals surface area contributed by atoms with Crippen LogP contribution in [0, 0.1) is 0 Å². The monoisotopic (exact) mass is 155 g/mol. The van der Waals surface area contributed by atoms with Crippen LogP contribution in [0.15, 0.2) is 0 Å². The predicted molar refractivity (Wildman–Crippen MR) is 38.3 cm³/mol. The van der Waals surface area contributed by atoms with Gasteiger partial charge in [0.1, 0.15) is 5.82 Å². The highest BCUT2D eigenvalue weighted by Crippen LogP contribution is 1.90. The molecule has 0 aromatic carbocycles. The molecule has 1 heterocycles. The van der Waals surface area contributed by atoms with Crippen LogP contribution in [0.5, 0.6) is 0 Å². The van der Waals surface area contributed by atoms with Crippen LogP contribution in [0.4, 0.5) is 5.95 Å². The van der Waals surface area contributed by atoms with E-state index in [1.807, 2.05) is 0 Å². The van der Waals surface area contributed by atoms with Crippen molar-refractivity contribution in [2.75, 3.05) is 5.73 Å². The molecule has 0 aliphatic rings. The zero-order chi connectivity index (χ0) is 8.27. The van der Waals surface area contributed by atoms with E-state index in [-0.39, 0.29) is 11.9 Å². The molecular formula is C5H9N5O. The molecule has 0 unspecified atom stereocenters. The molecule has 0 fully saturated rings. The average molecular weight is 155 g/mol. The Labute approximate surface area is 63.2 Å². The summed E-state index contributed by atoms with van der Waals surface area (Å²) in [5.41, 5.74) is 5.22. The Morgan fingerprint density at radius 2 is 2.55 bits per heavy atom. The number of aromatic amines is 1. The van der Waals surface area contributed by atoms with Crippen molar-refractivity contribution in [3.05, 3.63) is 5.82 Å². The summed E-state index contributed by atoms with van der Waals surface area (Å²) in [4.78, 5) is 14.2. The molecule has 0 aliphatic heterocycles. The molecule has 0 spiro atoms. The number of hydrogen-bond donors (Lipinski definition) is 3. The topological polar surface area (TPSA) is 96.7 Å². The van der Waals surface area contributed by atoms with Crippen LogP contribution in [0.2, 0.25) is 0 Å². The number of nitrogens with one attached hydrogen (secondary N) is 2. The number of nitrogen functional groups attached to an aromatic ring is 1. The number of nitrogens with two attached hydrogens (primary N) is 1. The van der Waals surface area contributed by atoms with E-state index in [4.69, 9.17) is 5.73 Å². The number of amides is 1. The van der Waals surface area contributed by atoms with E-state index in [0.29, 0.717) is 12.4 Å². The summed E-state index contributed by atoms with van der Waals surface area (Å²) in [6.07, 6.45) is 0. The summed E-state index contributed by atoms with van der Waals surface area (Å²) in [5.74, 6) is 0.628. The highest BCUT2D eigenvalue weighted by molar-refractivity contribution is 5.72. The maximum absolute atomic E-state index is 10.4. The fourth-order valence-electron chi connectivity index (χ4n) is 0.597. The number of nitrogens with zero attached hydrogens (tertiary/aromatic N) is 2. The van der Waals surface area contributed by atoms with E-state index in [0.717, 1.165) is 0 Å². The summed E-state index contributed by atoms with van der Waals surface area (Å²) in [5, 5.41) is 8.69. The molecule has 0 saturated carbocycles. The number of rotatable bonds is 2. The molecule has 11 heavy (non-hydrogen) atoms. The van der Waals surface area contributed by atoms with Crippen LogP contribution in [0.3, 0.4) is 0 Å². The SMILES string of the molecule is CC(=O)NCc1nc(N)n[nH]1. The van der Waals surface area contributed by atoms with E-state index in [1.54, 1.807) is 0 Å². The van der Waals surface area contributed by atoms with Crippen LogP contribution in [-0.4, -0.2) is 21.1 Å². The van der Waals surface area contributed by atoms with Crippen LogP contribution in [0.25, 0.3) is 0 Å². The molecule has 1 aromatic heterocycles. The molecule has 6 nitrogen and oxygen atoms in total. The molecule has 1 aromatic rings. The van der Waals surface area contributed by atoms with Gasteiger partial charge in [-0.2, -0.15) is 4.98 Å². The normalized spacial score (nSPS) is 9.55. The molecule has 0 aliphatic carbocycles. The molecule has 1 amide bonds. The lowest BCUT2D eigenvalue weighted by molar-refractivity contribution is -0.119. The fraction of sp³-hybridized carbons (Fsp3) is 0.400. The third kappa shape index (κ3) is 2.24. The second kappa shape index (κ2) is 3.00. The maximum atomic E-state index is 10.4. The molecular weight excluding hydrogens is 146 g/mol. The van der Waals surface area contributed by atoms with Gasteiger partial charge in [0.25, 0.3) is 0 Å². The number of carbonyl (C=O) groups is 1. The minimum Gasteiger partial charge on any atom is -0.367 e. The van der Waals surface area contributed by atoms with Crippen molar-refractivity contribution in [2.24, 2.45) is 0 Å². The van der Waals surface area contributed by atoms with Crippen LogP contribution in [0.1, 0.15) is 12.7 Å². The van der Waals surface area contributed by atoms with Crippen LogP contribution in [-0.2, 0) is 11.3 Å². The van der Waals surface area contributed by atoms with Crippen molar-refractivity contribution in [3.63, 3.8) is 0 Å². The van der Waals surface area contributed by atoms with Crippen molar-refractivity contribution in [3.8, 4) is 0 Å². The fourth-order valence-corrected chi connectivity index (χ4v) is 0.597. The first-order chi connectivity index (χ1) is 5.18. The summed E-state index contributed by atoms with van der Waals surface area (Å²) in [7, 11) is 0. The van der Waals surface area contributed by atoms with Crippen molar-refractivity contribution in [1.82, 2.24) is 20.5 Å². The third-order valence-electron chi connectivity index (χ3n) is 1.05. The first kappa shape index (κ1) is 7.52. The zero-order valence-electron chi connectivity index (χ0n) is 6.09. The van der Waals surface area contributed by atoms with Crippen LogP contribution >= 0.6 is 0 Å². The van der Waals surface area contributed by atoms with Crippen molar-refractivity contribution < 1.29 is 4.79 Å². The molecule has 0 bridgehead atoms. The van der Waals surface area contributed by atoms with E-state index in [9.17, 15) is 4.79 Å². The van der Waals surface area contributed by atoms with Gasteiger partial charge >= 0.3 is 0 Å². The Balaban J connectivity index is 2.45. The Morgan fingerprint density at radius 1 is 1.82 bits per heavy atom. The van der Waals surface area contributed by atoms with E-state index >= 15 is 0 Å². The van der Waals surface area contributed by atoms with Crippen molar-refractivity contribution >= 4 is 11.9 Å². The smallest absolute Gasteiger partial charge is 0.239 e. The van der Waals surface area contributed by atoms with Gasteiger partial charge in [-0.25, -0.2) is 0 Å². The Hall–Kier alpha value is -1.59. The zero-order valence-corrected chi connectivity index (χ0v) is 6.09. The molecule has 0 saturated heterocycles. The quantitative estimate of drug-likeness (QED) is 0.511. The number of carbonyl (C=O) groups excluding carboxylic acids is 1. The summed E-state index contributed by atoms with van der Waals surface area (Å²) >= 11 is 0. The van der Waals surface area contributed by atoms with E-state index in [1.165, 1.54) is 6.92 Å². The Bertz CT molecular complexity index is 255. The molecule has 4 N–H and O–H groups in total. The molecule has 6 heteroatoms. The van der Waals surface area contributed by atoms with Gasteiger partial charge in [-0.3, -0.25) is 9.89 Å². The number of H-pyrrole nitrogens is 1. The maximum Gasteiger partial charge on any atom is 0.239 e. The lowest BCUT2D eigenvalue weighted by atomic mass is 10.5. The molecule has 1 rings (SSSR count). The largest absolute Gasteiger partial charge is 0.367 e. The average Bonchev–Trinajstić information content (AvgIpc) is 2.31. The highest BCUT2D eigenvalue weighted by Gasteiger charge is 1.98. The molecule has 0 radical (unpaired) electrons. The van der Waals surface area contributed by atoms with Gasteiger partial charge in [0.2, 0.25) is 11.9 Å². The van der Waals surface area contributed by atoms with Crippen molar-refractivity contribution in [1.29, 1.82) is 0 Å². The lowest BCUT2D eigenvalue weighted by Crippen LogP contribution is -2.19. The lowest BCUT2D eigenvalue weighted by Gasteiger charge is -1.94. The summed E-state index contributed by atoms with van der Waals surface area (Å²) in [6, 6.07) is 0. The predicted octanol–water partition coefficient (Wildman–Crippen LogP) is -0.977. The second-order valence-corrected chi connectivity index (χ2v) is 2.05. The van der Waals surface area contributed by atoms with Crippen LogP contribution < -0.4 is 11.1 Å². The van der Waals surface area contributed by atoms with Gasteiger partial charge in [-0.1, -0.05) is 0 Å². The molecule has 60 valence electrons. The Kier molecular flexibility index (Phi) is 2.05. The van der Waals surface area contributed by atoms with Gasteiger partial charge in [0.05, 0.1) is 6.54 Å². The second-order valence-electron chi connectivity index (χ2n) is 2.05. The summed E-state index contributed by atoms with van der Waals surface area (Å²) < 4.78 is 0. The minimum atomic E-state index is -0.111. The van der Waals surface area contributed by atoms with Crippen molar-refractivity contribution in [2.45, 2.75) is 13.5 Å². The molecule has 0 atom stereocenters. The minimum absolute atomic E-state index is 0.111. The van der Waals surface area contributed by atoms with Gasteiger partial charge in [0.15, 0.2) is 0 Å². The third-order valence-corrected chi connectivity index (χ3v) is 1.05. The van der Waals surface area contributed by atoms with Gasteiger partial charge in [-0.05, 0) is 0 Å². The van der Waals surface area contributed by atoms with Gasteiger partial charge < -0.3 is 11.1 Å². The number of anilines is 1. The summed E-state index contributed by atoms with van der Waals surface area (Å²) in [6.45, 7) is 1.76. The first-order valence-corrected chi connectivity index (χ1v) is 3.09. The number of aromatic nitrogens is 3. The van der Waals surface area contributed by atoms with E-state index < -0.39 is 0 Å². The number of hydrogen-bond acceptors (Lipinski definition) is 4.